The number of carbonyl (C=O) groups is 2. The summed E-state index contributed by atoms with van der Waals surface area (Å²) in [5.41, 5.74) is 2.77. The molecule has 0 saturated carbocycles. The van der Waals surface area contributed by atoms with Gasteiger partial charge in [-0.05, 0) is 55.2 Å². The Kier molecular flexibility index (Phi) is 6.89. The maximum atomic E-state index is 14.6. The Balaban J connectivity index is 1.73. The lowest BCUT2D eigenvalue weighted by Crippen LogP contribution is -2.12. The first-order valence-corrected chi connectivity index (χ1v) is 10.2. The van der Waals surface area contributed by atoms with Gasteiger partial charge in [0.05, 0.1) is 0 Å². The number of benzene rings is 2. The van der Waals surface area contributed by atoms with Crippen LogP contribution in [0.2, 0.25) is 0 Å². The molecule has 164 valence electrons. The second-order valence-corrected chi connectivity index (χ2v) is 7.92. The van der Waals surface area contributed by atoms with E-state index in [1.165, 1.54) is 13.0 Å². The van der Waals surface area contributed by atoms with Gasteiger partial charge in [0.25, 0.3) is 0 Å². The highest BCUT2D eigenvalue weighted by Gasteiger charge is 2.21. The fourth-order valence-corrected chi connectivity index (χ4v) is 3.34. The van der Waals surface area contributed by atoms with Gasteiger partial charge in [0.1, 0.15) is 17.3 Å². The number of rotatable bonds is 6. The summed E-state index contributed by atoms with van der Waals surface area (Å²) in [5, 5.41) is 0. The summed E-state index contributed by atoms with van der Waals surface area (Å²) < 4.78 is 25.0. The molecule has 0 bridgehead atoms. The molecule has 0 saturated heterocycles. The Morgan fingerprint density at radius 3 is 2.12 bits per heavy atom. The van der Waals surface area contributed by atoms with Crippen LogP contribution in [0.1, 0.15) is 32.3 Å². The largest absolute Gasteiger partial charge is 0.424 e. The van der Waals surface area contributed by atoms with Gasteiger partial charge >= 0.3 is 11.9 Å². The minimum Gasteiger partial charge on any atom is -0.424 e. The zero-order chi connectivity index (χ0) is 23.4. The summed E-state index contributed by atoms with van der Waals surface area (Å²) >= 11 is 0. The first-order chi connectivity index (χ1) is 15.2. The molecule has 0 aliphatic heterocycles. The predicted octanol–water partition coefficient (Wildman–Crippen LogP) is 6.27. The normalized spacial score (nSPS) is 17.3. The van der Waals surface area contributed by atoms with E-state index >= 15 is 0 Å². The summed E-state index contributed by atoms with van der Waals surface area (Å²) in [6.07, 6.45) is 5.68. The molecule has 2 unspecified atom stereocenters. The Morgan fingerprint density at radius 2 is 1.56 bits per heavy atom. The molecule has 3 rings (SSSR count). The molecule has 0 spiro atoms. The number of esters is 2. The second-order valence-electron chi connectivity index (χ2n) is 7.92. The third-order valence-corrected chi connectivity index (χ3v) is 5.13. The lowest BCUT2D eigenvalue weighted by Gasteiger charge is -2.23. The maximum Gasteiger partial charge on any atom is 0.338 e. The third-order valence-electron chi connectivity index (χ3n) is 5.13. The summed E-state index contributed by atoms with van der Waals surface area (Å²) in [5.74, 6) is -0.675. The van der Waals surface area contributed by atoms with Crippen molar-refractivity contribution >= 4 is 11.9 Å². The van der Waals surface area contributed by atoms with Crippen molar-refractivity contribution < 1.29 is 23.5 Å². The van der Waals surface area contributed by atoms with Crippen LogP contribution in [0.4, 0.5) is 4.39 Å². The van der Waals surface area contributed by atoms with Crippen LogP contribution in [0.3, 0.4) is 0 Å². The highest BCUT2D eigenvalue weighted by Crippen LogP contribution is 2.34. The van der Waals surface area contributed by atoms with Gasteiger partial charge in [0.2, 0.25) is 0 Å². The van der Waals surface area contributed by atoms with E-state index in [9.17, 15) is 14.0 Å². The zero-order valence-corrected chi connectivity index (χ0v) is 18.4. The summed E-state index contributed by atoms with van der Waals surface area (Å²) in [6, 6.07) is 11.9. The van der Waals surface area contributed by atoms with Gasteiger partial charge in [-0.2, -0.15) is 0 Å². The van der Waals surface area contributed by atoms with E-state index in [-0.39, 0.29) is 23.2 Å². The number of allylic oxidation sites excluding steroid dienone is 3. The van der Waals surface area contributed by atoms with Crippen LogP contribution in [-0.4, -0.2) is 11.9 Å². The zero-order valence-electron chi connectivity index (χ0n) is 18.4. The van der Waals surface area contributed by atoms with Gasteiger partial charge in [0.15, 0.2) is 0 Å². The van der Waals surface area contributed by atoms with Crippen LogP contribution in [0.5, 0.6) is 5.75 Å². The second kappa shape index (κ2) is 9.60. The molecule has 1 aliphatic rings. The van der Waals surface area contributed by atoms with Crippen molar-refractivity contribution in [1.29, 1.82) is 0 Å². The van der Waals surface area contributed by atoms with E-state index < -0.39 is 17.8 Å². The van der Waals surface area contributed by atoms with Crippen LogP contribution < -0.4 is 4.74 Å². The molecular formula is C27H25FO4. The molecule has 32 heavy (non-hydrogen) atoms. The third kappa shape index (κ3) is 5.30. The summed E-state index contributed by atoms with van der Waals surface area (Å²) in [4.78, 5) is 23.3. The number of hydrogen-bond donors (Lipinski definition) is 0. The predicted molar refractivity (Wildman–Crippen MR) is 122 cm³/mol. The van der Waals surface area contributed by atoms with Crippen LogP contribution >= 0.6 is 0 Å². The van der Waals surface area contributed by atoms with E-state index in [0.717, 1.165) is 5.56 Å². The van der Waals surface area contributed by atoms with Crippen molar-refractivity contribution in [2.45, 2.75) is 26.7 Å². The van der Waals surface area contributed by atoms with E-state index in [1.807, 2.05) is 43.3 Å². The molecule has 0 fully saturated rings. The fourth-order valence-electron chi connectivity index (χ4n) is 3.34. The minimum atomic E-state index is -0.595. The highest BCUT2D eigenvalue weighted by molar-refractivity contribution is 5.89. The Hall–Kier alpha value is -3.73. The van der Waals surface area contributed by atoms with Crippen LogP contribution in [0.15, 0.2) is 90.8 Å². The maximum absolute atomic E-state index is 14.6. The summed E-state index contributed by atoms with van der Waals surface area (Å²) in [7, 11) is 0. The molecule has 0 N–H and O–H groups in total. The van der Waals surface area contributed by atoms with E-state index in [4.69, 9.17) is 9.47 Å². The lowest BCUT2D eigenvalue weighted by molar-refractivity contribution is -0.134. The molecule has 5 heteroatoms. The van der Waals surface area contributed by atoms with Crippen molar-refractivity contribution in [2.75, 3.05) is 0 Å². The fraction of sp³-hybridized carbons (Fsp3) is 0.185. The molecule has 2 aromatic rings. The molecule has 0 radical (unpaired) electrons. The van der Waals surface area contributed by atoms with Gasteiger partial charge in [-0.25, -0.2) is 14.0 Å². The van der Waals surface area contributed by atoms with Crippen molar-refractivity contribution in [3.8, 4) is 16.9 Å². The lowest BCUT2D eigenvalue weighted by atomic mass is 9.83. The van der Waals surface area contributed by atoms with Gasteiger partial charge in [-0.3, -0.25) is 0 Å². The van der Waals surface area contributed by atoms with Gasteiger partial charge in [-0.1, -0.05) is 50.4 Å². The van der Waals surface area contributed by atoms with Crippen LogP contribution in [0.25, 0.3) is 11.1 Å². The van der Waals surface area contributed by atoms with Crippen LogP contribution in [0, 0.1) is 11.7 Å². The first kappa shape index (κ1) is 22.9. The number of hydrogen-bond acceptors (Lipinski definition) is 4. The van der Waals surface area contributed by atoms with Gasteiger partial charge in [-0.15, -0.1) is 0 Å². The van der Waals surface area contributed by atoms with Crippen molar-refractivity contribution in [3.63, 3.8) is 0 Å². The SMILES string of the molecule is C=C(C)C(=O)OC1=CC(C)C(c2ccc(-c3ccc(OC(=O)C(=C)C)cc3F)cc2)C=C1. The summed E-state index contributed by atoms with van der Waals surface area (Å²) in [6.45, 7) is 12.3. The monoisotopic (exact) mass is 432 g/mol. The smallest absolute Gasteiger partial charge is 0.338 e. The Bertz CT molecular complexity index is 1140. The molecule has 0 amide bonds. The molecule has 2 aromatic carbocycles. The van der Waals surface area contributed by atoms with Crippen molar-refractivity contribution in [3.05, 3.63) is 102 Å². The standard InChI is InChI=1S/C27H25FO4/c1-16(2)26(29)31-21-10-12-23(18(5)14-21)19-6-8-20(9-7-19)24-13-11-22(15-25(24)28)32-27(30)17(3)4/h6-15,18,23H,1,3H2,2,4-5H3. The number of ether oxygens (including phenoxy) is 2. The Labute approximate surface area is 187 Å². The van der Waals surface area contributed by atoms with Crippen molar-refractivity contribution in [2.24, 2.45) is 5.92 Å². The molecule has 0 aromatic heterocycles. The topological polar surface area (TPSA) is 52.6 Å². The quantitative estimate of drug-likeness (QED) is 0.307. The van der Waals surface area contributed by atoms with Crippen molar-refractivity contribution in [1.82, 2.24) is 0 Å². The van der Waals surface area contributed by atoms with E-state index in [2.05, 4.69) is 13.2 Å². The minimum absolute atomic E-state index is 0.102. The first-order valence-electron chi connectivity index (χ1n) is 10.2. The molecular weight excluding hydrogens is 407 g/mol. The van der Waals surface area contributed by atoms with Gasteiger partial charge < -0.3 is 9.47 Å². The highest BCUT2D eigenvalue weighted by atomic mass is 19.1. The molecule has 4 nitrogen and oxygen atoms in total. The van der Waals surface area contributed by atoms with E-state index in [1.54, 1.807) is 25.1 Å². The molecule has 2 atom stereocenters. The average Bonchev–Trinajstić information content (AvgIpc) is 2.74. The van der Waals surface area contributed by atoms with Crippen LogP contribution in [-0.2, 0) is 14.3 Å². The number of carbonyl (C=O) groups excluding carboxylic acids is 2. The average molecular weight is 432 g/mol. The number of halogens is 1. The molecule has 1 aliphatic carbocycles. The van der Waals surface area contributed by atoms with Gasteiger partial charge in [0, 0.05) is 28.7 Å². The molecule has 0 heterocycles. The Morgan fingerprint density at radius 1 is 0.938 bits per heavy atom. The van der Waals surface area contributed by atoms with E-state index in [0.29, 0.717) is 22.5 Å².